The Kier molecular flexibility index (Phi) is 5.11. The maximum absolute atomic E-state index is 10.9. The molecule has 2 atom stereocenters. The summed E-state index contributed by atoms with van der Waals surface area (Å²) in [5.74, 6) is 0. The van der Waals surface area contributed by atoms with E-state index in [0.29, 0.717) is 5.69 Å². The molecule has 2 aliphatic rings. The molecule has 2 unspecified atom stereocenters. The molecule has 5 heteroatoms. The van der Waals surface area contributed by atoms with Crippen molar-refractivity contribution < 1.29 is 10.2 Å². The van der Waals surface area contributed by atoms with Gasteiger partial charge in [0.2, 0.25) is 5.56 Å². The highest BCUT2D eigenvalue weighted by atomic mass is 16.3. The Balaban J connectivity index is 0.000000141. The van der Waals surface area contributed by atoms with E-state index in [1.807, 2.05) is 13.0 Å². The van der Waals surface area contributed by atoms with Crippen LogP contribution in [-0.4, -0.2) is 20.2 Å². The molecule has 0 amide bonds. The number of aromatic nitrogens is 2. The second kappa shape index (κ2) is 7.28. The van der Waals surface area contributed by atoms with Gasteiger partial charge in [0.1, 0.15) is 0 Å². The van der Waals surface area contributed by atoms with Gasteiger partial charge in [-0.15, -0.1) is 0 Å². The summed E-state index contributed by atoms with van der Waals surface area (Å²) in [5, 5.41) is 19.1. The molecule has 4 rings (SSSR count). The van der Waals surface area contributed by atoms with Crippen molar-refractivity contribution >= 4 is 0 Å². The van der Waals surface area contributed by atoms with Gasteiger partial charge in [-0.1, -0.05) is 12.1 Å². The number of nitrogens with zero attached hydrogens (tertiary/aromatic N) is 1. The van der Waals surface area contributed by atoms with E-state index < -0.39 is 6.10 Å². The largest absolute Gasteiger partial charge is 0.387 e. The summed E-state index contributed by atoms with van der Waals surface area (Å²) in [4.78, 5) is 17.9. The number of nitrogens with one attached hydrogen (secondary N) is 1. The molecule has 0 spiro atoms. The van der Waals surface area contributed by atoms with Crippen molar-refractivity contribution in [1.29, 1.82) is 0 Å². The molecular weight excluding hydrogens is 304 g/mol. The Labute approximate surface area is 141 Å². The summed E-state index contributed by atoms with van der Waals surface area (Å²) in [6, 6.07) is 7.41. The number of hydrogen-bond donors (Lipinski definition) is 3. The fourth-order valence-electron chi connectivity index (χ4n) is 3.39. The fourth-order valence-corrected chi connectivity index (χ4v) is 3.39. The summed E-state index contributed by atoms with van der Waals surface area (Å²) < 4.78 is 0. The maximum Gasteiger partial charge on any atom is 0.248 e. The maximum atomic E-state index is 10.9. The Morgan fingerprint density at radius 1 is 1.00 bits per heavy atom. The van der Waals surface area contributed by atoms with Crippen molar-refractivity contribution in [3.63, 3.8) is 0 Å². The highest BCUT2D eigenvalue weighted by molar-refractivity contribution is 5.26. The molecule has 5 nitrogen and oxygen atoms in total. The van der Waals surface area contributed by atoms with Crippen LogP contribution in [0.25, 0.3) is 0 Å². The lowest BCUT2D eigenvalue weighted by Crippen LogP contribution is -2.17. The molecule has 2 aromatic rings. The highest BCUT2D eigenvalue weighted by Gasteiger charge is 2.19. The minimum Gasteiger partial charge on any atom is -0.387 e. The van der Waals surface area contributed by atoms with Gasteiger partial charge in [0.15, 0.2) is 0 Å². The number of aryl methyl sites for hydroxylation is 3. The number of pyridine rings is 2. The lowest BCUT2D eigenvalue weighted by molar-refractivity contribution is 0.151. The predicted octanol–water partition coefficient (Wildman–Crippen LogP) is 2.50. The lowest BCUT2D eigenvalue weighted by atomic mass is 9.93. The second-order valence-corrected chi connectivity index (χ2v) is 6.57. The Morgan fingerprint density at radius 3 is 2.46 bits per heavy atom. The molecule has 3 N–H and O–H groups in total. The molecule has 0 saturated heterocycles. The zero-order chi connectivity index (χ0) is 17.1. The van der Waals surface area contributed by atoms with Crippen LogP contribution in [0.2, 0.25) is 0 Å². The van der Waals surface area contributed by atoms with Crippen molar-refractivity contribution in [2.24, 2.45) is 0 Å². The molecule has 128 valence electrons. The fraction of sp³-hybridized carbons (Fsp3) is 0.474. The standard InChI is InChI=1S/C10H13NO.C9H11NO2/c1-7-5-6-8-3-2-4-9(12)10(8)11-7;11-7-3-1-2-6-4-5-8(12)10-9(6)7/h5-6,9,12H,2-4H2,1H3;4-5,7,11H,1-3H2,(H,10,12). The van der Waals surface area contributed by atoms with Crippen molar-refractivity contribution in [3.8, 4) is 0 Å². The molecule has 0 fully saturated rings. The average molecular weight is 328 g/mol. The van der Waals surface area contributed by atoms with Gasteiger partial charge < -0.3 is 15.2 Å². The van der Waals surface area contributed by atoms with Gasteiger partial charge in [0.25, 0.3) is 0 Å². The first-order chi connectivity index (χ1) is 11.5. The van der Waals surface area contributed by atoms with Crippen LogP contribution < -0.4 is 5.56 Å². The summed E-state index contributed by atoms with van der Waals surface area (Å²) >= 11 is 0. The first-order valence-electron chi connectivity index (χ1n) is 8.59. The SMILES string of the molecule is Cc1ccc2c(n1)C(O)CCC2.O=c1ccc2c([nH]1)C(O)CCC2. The van der Waals surface area contributed by atoms with Gasteiger partial charge in [-0.25, -0.2) is 0 Å². The highest BCUT2D eigenvalue weighted by Crippen LogP contribution is 2.28. The van der Waals surface area contributed by atoms with Crippen LogP contribution in [0.15, 0.2) is 29.1 Å². The third-order valence-corrected chi connectivity index (χ3v) is 4.69. The Hall–Kier alpha value is -1.98. The number of fused-ring (bicyclic) bond motifs is 2. The van der Waals surface area contributed by atoms with Crippen LogP contribution >= 0.6 is 0 Å². The van der Waals surface area contributed by atoms with Crippen molar-refractivity contribution in [3.05, 3.63) is 62.8 Å². The number of hydrogen-bond acceptors (Lipinski definition) is 4. The third kappa shape index (κ3) is 3.74. The Bertz CT molecular complexity index is 769. The molecule has 0 radical (unpaired) electrons. The van der Waals surface area contributed by atoms with Gasteiger partial charge in [-0.05, 0) is 62.6 Å². The van der Waals surface area contributed by atoms with Crippen LogP contribution in [0.4, 0.5) is 0 Å². The molecule has 2 heterocycles. The molecule has 0 bridgehead atoms. The smallest absolute Gasteiger partial charge is 0.248 e. The Morgan fingerprint density at radius 2 is 1.67 bits per heavy atom. The molecule has 0 aliphatic heterocycles. The number of aliphatic hydroxyl groups is 2. The van der Waals surface area contributed by atoms with Crippen molar-refractivity contribution in [2.75, 3.05) is 0 Å². The van der Waals surface area contributed by atoms with Crippen LogP contribution in [0.5, 0.6) is 0 Å². The summed E-state index contributed by atoms with van der Waals surface area (Å²) in [6.07, 6.45) is 4.94. The lowest BCUT2D eigenvalue weighted by Gasteiger charge is -2.20. The van der Waals surface area contributed by atoms with E-state index in [2.05, 4.69) is 16.0 Å². The number of H-pyrrole nitrogens is 1. The molecular formula is C19H24N2O3. The molecule has 2 aromatic heterocycles. The van der Waals surface area contributed by atoms with Gasteiger partial charge in [-0.3, -0.25) is 9.78 Å². The molecule has 0 saturated carbocycles. The third-order valence-electron chi connectivity index (χ3n) is 4.69. The van der Waals surface area contributed by atoms with E-state index in [1.54, 1.807) is 6.07 Å². The minimum absolute atomic E-state index is 0.130. The van der Waals surface area contributed by atoms with E-state index in [1.165, 1.54) is 11.6 Å². The van der Waals surface area contributed by atoms with Crippen LogP contribution in [-0.2, 0) is 12.8 Å². The van der Waals surface area contributed by atoms with E-state index in [4.69, 9.17) is 0 Å². The summed E-state index contributed by atoms with van der Waals surface area (Å²) in [5.41, 5.74) is 4.78. The van der Waals surface area contributed by atoms with E-state index >= 15 is 0 Å². The average Bonchev–Trinajstić information content (AvgIpc) is 2.57. The summed E-state index contributed by atoms with van der Waals surface area (Å²) in [6.45, 7) is 1.96. The van der Waals surface area contributed by atoms with Crippen molar-refractivity contribution in [2.45, 2.75) is 57.7 Å². The van der Waals surface area contributed by atoms with Crippen LogP contribution in [0.3, 0.4) is 0 Å². The second-order valence-electron chi connectivity index (χ2n) is 6.57. The van der Waals surface area contributed by atoms with Gasteiger partial charge in [0.05, 0.1) is 17.9 Å². The molecule has 0 aromatic carbocycles. The van der Waals surface area contributed by atoms with Gasteiger partial charge in [0, 0.05) is 17.5 Å². The van der Waals surface area contributed by atoms with E-state index in [0.717, 1.165) is 55.5 Å². The van der Waals surface area contributed by atoms with Gasteiger partial charge >= 0.3 is 0 Å². The molecule has 24 heavy (non-hydrogen) atoms. The zero-order valence-electron chi connectivity index (χ0n) is 14.0. The molecule has 2 aliphatic carbocycles. The number of aliphatic hydroxyl groups excluding tert-OH is 2. The summed E-state index contributed by atoms with van der Waals surface area (Å²) in [7, 11) is 0. The normalized spacial score (nSPS) is 22.0. The van der Waals surface area contributed by atoms with E-state index in [9.17, 15) is 15.0 Å². The first kappa shape index (κ1) is 16.9. The van der Waals surface area contributed by atoms with Crippen LogP contribution in [0, 0.1) is 6.92 Å². The van der Waals surface area contributed by atoms with E-state index in [-0.39, 0.29) is 11.7 Å². The quantitative estimate of drug-likeness (QED) is 0.693. The monoisotopic (exact) mass is 328 g/mol. The predicted molar refractivity (Wildman–Crippen MR) is 91.8 cm³/mol. The van der Waals surface area contributed by atoms with Gasteiger partial charge in [-0.2, -0.15) is 0 Å². The number of aromatic amines is 1. The first-order valence-corrected chi connectivity index (χ1v) is 8.59. The topological polar surface area (TPSA) is 86.2 Å². The number of rotatable bonds is 0. The van der Waals surface area contributed by atoms with Crippen LogP contribution in [0.1, 0.15) is 66.1 Å². The van der Waals surface area contributed by atoms with Crippen molar-refractivity contribution in [1.82, 2.24) is 9.97 Å². The minimum atomic E-state index is -0.470. The zero-order valence-corrected chi connectivity index (χ0v) is 14.0.